The molecule has 0 saturated carbocycles. The van der Waals surface area contributed by atoms with Gasteiger partial charge in [-0.1, -0.05) is 245 Å². The largest absolute Gasteiger partial charge is 0.396 e. The minimum absolute atomic E-state index is 0.373. The summed E-state index contributed by atoms with van der Waals surface area (Å²) >= 11 is 0. The molecule has 0 fully saturated rings. The van der Waals surface area contributed by atoms with E-state index in [0.29, 0.717) is 6.61 Å². The first-order chi connectivity index (χ1) is 20.3. The molecule has 0 atom stereocenters. The van der Waals surface area contributed by atoms with Crippen LogP contribution in [0.4, 0.5) is 0 Å². The summed E-state index contributed by atoms with van der Waals surface area (Å²) in [6, 6.07) is 0. The van der Waals surface area contributed by atoms with Crippen LogP contribution in [0.2, 0.25) is 0 Å². The molecular weight excluding hydrogens is 496 g/mol. The van der Waals surface area contributed by atoms with Crippen molar-refractivity contribution >= 4 is 0 Å². The number of unbranched alkanes of at least 4 members (excludes halogenated alkanes) is 34. The van der Waals surface area contributed by atoms with Crippen LogP contribution >= 0.6 is 0 Å². The molecule has 0 saturated heterocycles. The Bertz CT molecular complexity index is 356. The lowest BCUT2D eigenvalue weighted by atomic mass is 10.0. The summed E-state index contributed by atoms with van der Waals surface area (Å²) in [6.45, 7) is 7.26. The number of aliphatic hydroxyl groups is 1. The van der Waals surface area contributed by atoms with Crippen LogP contribution < -0.4 is 0 Å². The number of hydrogen-bond donors (Lipinski definition) is 1. The van der Waals surface area contributed by atoms with Gasteiger partial charge in [0.25, 0.3) is 0 Å². The van der Waals surface area contributed by atoms with Crippen LogP contribution in [0.5, 0.6) is 0 Å². The van der Waals surface area contributed by atoms with E-state index in [9.17, 15) is 0 Å². The second kappa shape index (κ2) is 44.4. The summed E-state index contributed by atoms with van der Waals surface area (Å²) in [7, 11) is 0. The van der Waals surface area contributed by atoms with Crippen LogP contribution in [-0.4, -0.2) is 11.7 Å². The normalized spacial score (nSPS) is 11.1. The summed E-state index contributed by atoms with van der Waals surface area (Å²) in [4.78, 5) is 0. The van der Waals surface area contributed by atoms with E-state index in [4.69, 9.17) is 5.11 Å². The van der Waals surface area contributed by atoms with Crippen LogP contribution in [0.1, 0.15) is 252 Å². The van der Waals surface area contributed by atoms with Gasteiger partial charge in [-0.25, -0.2) is 0 Å². The zero-order valence-corrected chi connectivity index (χ0v) is 29.6. The van der Waals surface area contributed by atoms with E-state index >= 15 is 0 Å². The molecule has 1 heteroatoms. The average molecular weight is 581 g/mol. The molecule has 0 radical (unpaired) electrons. The molecule has 0 aromatic heterocycles. The highest BCUT2D eigenvalue weighted by Gasteiger charge is 1.96. The second-order valence-corrected chi connectivity index (χ2v) is 13.4. The molecule has 0 aliphatic rings. The Morgan fingerprint density at radius 3 is 0.439 bits per heavy atom. The predicted molar refractivity (Wildman–Crippen MR) is 190 cm³/mol. The van der Waals surface area contributed by atoms with E-state index in [-0.39, 0.29) is 0 Å². The highest BCUT2D eigenvalue weighted by atomic mass is 16.2. The van der Waals surface area contributed by atoms with Gasteiger partial charge in [-0.3, -0.25) is 0 Å². The van der Waals surface area contributed by atoms with E-state index < -0.39 is 0 Å². The van der Waals surface area contributed by atoms with E-state index in [2.05, 4.69) is 20.8 Å². The first-order valence-corrected chi connectivity index (χ1v) is 19.9. The van der Waals surface area contributed by atoms with Gasteiger partial charge < -0.3 is 5.11 Å². The van der Waals surface area contributed by atoms with Gasteiger partial charge in [-0.15, -0.1) is 0 Å². The maximum Gasteiger partial charge on any atom is 0.0431 e. The third-order valence-corrected chi connectivity index (χ3v) is 8.97. The van der Waals surface area contributed by atoms with Crippen molar-refractivity contribution in [1.82, 2.24) is 0 Å². The van der Waals surface area contributed by atoms with Gasteiger partial charge in [0.05, 0.1) is 0 Å². The Hall–Kier alpha value is -0.0400. The van der Waals surface area contributed by atoms with Gasteiger partial charge in [-0.2, -0.15) is 0 Å². The third-order valence-electron chi connectivity index (χ3n) is 8.97. The quantitative estimate of drug-likeness (QED) is 0.0739. The molecule has 0 amide bonds. The molecule has 0 unspecified atom stereocenters. The molecule has 0 bridgehead atoms. The van der Waals surface area contributed by atoms with Crippen LogP contribution in [0, 0.1) is 0 Å². The average Bonchev–Trinajstić information content (AvgIpc) is 2.99. The monoisotopic (exact) mass is 581 g/mol. The molecule has 0 aromatic rings. The lowest BCUT2D eigenvalue weighted by Crippen LogP contribution is -1.85. The van der Waals surface area contributed by atoms with Crippen molar-refractivity contribution in [1.29, 1.82) is 0 Å². The Morgan fingerprint density at radius 1 is 0.195 bits per heavy atom. The van der Waals surface area contributed by atoms with Crippen molar-refractivity contribution in [2.45, 2.75) is 252 Å². The Kier molecular flexibility index (Phi) is 46.7. The van der Waals surface area contributed by atoms with Crippen molar-refractivity contribution < 1.29 is 5.11 Å². The van der Waals surface area contributed by atoms with Crippen LogP contribution in [0.25, 0.3) is 0 Å². The number of hydrogen-bond acceptors (Lipinski definition) is 1. The fourth-order valence-electron chi connectivity index (χ4n) is 5.99. The van der Waals surface area contributed by atoms with Crippen molar-refractivity contribution in [3.63, 3.8) is 0 Å². The second-order valence-electron chi connectivity index (χ2n) is 13.4. The highest BCUT2D eigenvalue weighted by Crippen LogP contribution is 2.15. The molecule has 0 spiro atoms. The summed E-state index contributed by atoms with van der Waals surface area (Å²) in [6.07, 6.45) is 51.6. The van der Waals surface area contributed by atoms with Crippen LogP contribution in [0.3, 0.4) is 0 Å². The van der Waals surface area contributed by atoms with Gasteiger partial charge in [0.15, 0.2) is 0 Å². The molecule has 1 N–H and O–H groups in total. The van der Waals surface area contributed by atoms with E-state index in [1.165, 1.54) is 225 Å². The van der Waals surface area contributed by atoms with Gasteiger partial charge >= 0.3 is 0 Å². The van der Waals surface area contributed by atoms with Gasteiger partial charge in [0.1, 0.15) is 0 Å². The van der Waals surface area contributed by atoms with E-state index in [1.54, 1.807) is 0 Å². The fraction of sp³-hybridized carbons (Fsp3) is 1.00. The molecule has 0 aliphatic heterocycles. The highest BCUT2D eigenvalue weighted by molar-refractivity contribution is 4.51. The van der Waals surface area contributed by atoms with Crippen molar-refractivity contribution in [2.24, 2.45) is 0 Å². The molecular formula is C40H84O. The molecule has 1 nitrogen and oxygen atoms in total. The number of aliphatic hydroxyl groups excluding tert-OH is 1. The molecule has 0 aliphatic carbocycles. The van der Waals surface area contributed by atoms with E-state index in [0.717, 1.165) is 6.42 Å². The molecule has 41 heavy (non-hydrogen) atoms. The van der Waals surface area contributed by atoms with Crippen LogP contribution in [-0.2, 0) is 0 Å². The van der Waals surface area contributed by atoms with Crippen molar-refractivity contribution in [3.05, 3.63) is 0 Å². The first kappa shape index (κ1) is 43.1. The molecule has 0 aromatic carbocycles. The third kappa shape index (κ3) is 47.1. The van der Waals surface area contributed by atoms with E-state index in [1.807, 2.05) is 0 Å². The molecule has 0 rings (SSSR count). The summed E-state index contributed by atoms with van der Waals surface area (Å²) < 4.78 is 0. The molecule has 250 valence electrons. The number of rotatable bonds is 35. The first-order valence-electron chi connectivity index (χ1n) is 19.9. The van der Waals surface area contributed by atoms with Crippen LogP contribution in [0.15, 0.2) is 0 Å². The summed E-state index contributed by atoms with van der Waals surface area (Å²) in [5, 5.41) is 8.67. The minimum atomic E-state index is 0.373. The Morgan fingerprint density at radius 2 is 0.317 bits per heavy atom. The lowest BCUT2D eigenvalue weighted by molar-refractivity contribution is 0.282. The standard InChI is InChI=1S/C22H46.C18H38O/c1-3-5-7-9-11-13-15-17-19-21-22-20-18-16-14-12-10-8-6-4-2;1-2-3-4-5-6-7-8-9-10-11-12-13-14-15-16-17-18-19/h3-22H2,1-2H3;19H,2-18H2,1H3. The van der Waals surface area contributed by atoms with Gasteiger partial charge in [0, 0.05) is 6.61 Å². The van der Waals surface area contributed by atoms with Gasteiger partial charge in [0.2, 0.25) is 0 Å². The van der Waals surface area contributed by atoms with Crippen molar-refractivity contribution in [3.8, 4) is 0 Å². The SMILES string of the molecule is CCCCCCCCCCCCCCCCCCCCCC.CCCCCCCCCCCCCCCCCCO. The Balaban J connectivity index is 0. The Labute approximate surface area is 263 Å². The summed E-state index contributed by atoms with van der Waals surface area (Å²) in [5.41, 5.74) is 0. The fourth-order valence-corrected chi connectivity index (χ4v) is 5.99. The minimum Gasteiger partial charge on any atom is -0.396 e. The summed E-state index contributed by atoms with van der Waals surface area (Å²) in [5.74, 6) is 0. The van der Waals surface area contributed by atoms with Crippen molar-refractivity contribution in [2.75, 3.05) is 6.61 Å². The lowest BCUT2D eigenvalue weighted by Gasteiger charge is -2.03. The zero-order valence-electron chi connectivity index (χ0n) is 29.6. The zero-order chi connectivity index (χ0) is 30.2. The smallest absolute Gasteiger partial charge is 0.0431 e. The molecule has 0 heterocycles. The predicted octanol–water partition coefficient (Wildman–Crippen LogP) is 15.1. The van der Waals surface area contributed by atoms with Gasteiger partial charge in [-0.05, 0) is 6.42 Å². The maximum absolute atomic E-state index is 8.67. The maximum atomic E-state index is 8.67. The topological polar surface area (TPSA) is 20.2 Å².